The Labute approximate surface area is 108 Å². The van der Waals surface area contributed by atoms with E-state index in [1.165, 1.54) is 0 Å². The number of aromatic nitrogens is 2. The van der Waals surface area contributed by atoms with E-state index in [9.17, 15) is 8.42 Å². The summed E-state index contributed by atoms with van der Waals surface area (Å²) in [7, 11) is -1.34. The highest BCUT2D eigenvalue weighted by atomic mass is 32.2. The minimum Gasteiger partial charge on any atom is -0.315 e. The molecule has 18 heavy (non-hydrogen) atoms. The summed E-state index contributed by atoms with van der Waals surface area (Å²) in [6, 6.07) is 1.90. The van der Waals surface area contributed by atoms with Gasteiger partial charge in [-0.2, -0.15) is 5.10 Å². The molecule has 2 rings (SSSR count). The second kappa shape index (κ2) is 5.81. The van der Waals surface area contributed by atoms with Crippen molar-refractivity contribution >= 4 is 10.0 Å². The summed E-state index contributed by atoms with van der Waals surface area (Å²) in [6.07, 6.45) is 4.05. The minimum absolute atomic E-state index is 0.294. The molecular formula is C11H20N4O2S. The lowest BCUT2D eigenvalue weighted by molar-refractivity contribution is 0.490. The summed E-state index contributed by atoms with van der Waals surface area (Å²) >= 11 is 0. The van der Waals surface area contributed by atoms with Crippen molar-refractivity contribution in [1.82, 2.24) is 19.8 Å². The summed E-state index contributed by atoms with van der Waals surface area (Å²) in [6.45, 7) is 1.90. The lowest BCUT2D eigenvalue weighted by atomic mass is 10.2. The van der Waals surface area contributed by atoms with E-state index in [2.05, 4.69) is 15.1 Å². The van der Waals surface area contributed by atoms with Crippen LogP contribution in [0.4, 0.5) is 0 Å². The Kier molecular flexibility index (Phi) is 4.36. The fraction of sp³-hybridized carbons (Fsp3) is 0.727. The van der Waals surface area contributed by atoms with Crippen LogP contribution in [0.1, 0.15) is 18.5 Å². The molecule has 1 unspecified atom stereocenters. The fourth-order valence-corrected chi connectivity index (χ4v) is 3.61. The van der Waals surface area contributed by atoms with Gasteiger partial charge in [-0.05, 0) is 25.5 Å². The number of aryl methyl sites for hydroxylation is 1. The van der Waals surface area contributed by atoms with E-state index < -0.39 is 10.0 Å². The van der Waals surface area contributed by atoms with Crippen molar-refractivity contribution < 1.29 is 8.42 Å². The van der Waals surface area contributed by atoms with Crippen LogP contribution in [0.15, 0.2) is 12.3 Å². The van der Waals surface area contributed by atoms with Crippen molar-refractivity contribution in [1.29, 1.82) is 0 Å². The zero-order valence-corrected chi connectivity index (χ0v) is 11.4. The lowest BCUT2D eigenvalue weighted by Crippen LogP contribution is -2.44. The predicted octanol–water partition coefficient (Wildman–Crippen LogP) is -0.366. The Hall–Kier alpha value is -0.920. The third kappa shape index (κ3) is 3.30. The maximum absolute atomic E-state index is 12.0. The molecule has 2 heterocycles. The molecule has 0 spiro atoms. The number of piperidine rings is 1. The van der Waals surface area contributed by atoms with E-state index in [4.69, 9.17) is 0 Å². The van der Waals surface area contributed by atoms with Gasteiger partial charge in [0, 0.05) is 38.4 Å². The highest BCUT2D eigenvalue weighted by molar-refractivity contribution is 7.90. The van der Waals surface area contributed by atoms with Gasteiger partial charge in [0.1, 0.15) is 0 Å². The quantitative estimate of drug-likeness (QED) is 0.767. The Bertz CT molecular complexity index is 477. The molecule has 0 aromatic carbocycles. The van der Waals surface area contributed by atoms with Crippen molar-refractivity contribution in [2.75, 3.05) is 19.6 Å². The van der Waals surface area contributed by atoms with E-state index in [-0.39, 0.29) is 5.25 Å². The van der Waals surface area contributed by atoms with Crippen LogP contribution in [0, 0.1) is 0 Å². The molecule has 7 heteroatoms. The number of nitrogens with zero attached hydrogens (tertiary/aromatic N) is 2. The van der Waals surface area contributed by atoms with Crippen LogP contribution >= 0.6 is 0 Å². The van der Waals surface area contributed by atoms with Crippen LogP contribution < -0.4 is 10.0 Å². The van der Waals surface area contributed by atoms with Crippen LogP contribution in [-0.2, 0) is 23.5 Å². The number of nitrogens with one attached hydrogen (secondary N) is 2. The number of hydrogen-bond donors (Lipinski definition) is 2. The second-order valence-corrected chi connectivity index (χ2v) is 6.65. The second-order valence-electron chi connectivity index (χ2n) is 4.60. The molecule has 1 aliphatic rings. The molecule has 0 bridgehead atoms. The Morgan fingerprint density at radius 1 is 1.61 bits per heavy atom. The average Bonchev–Trinajstić information content (AvgIpc) is 2.76. The number of hydrogen-bond acceptors (Lipinski definition) is 4. The first-order valence-corrected chi connectivity index (χ1v) is 7.80. The summed E-state index contributed by atoms with van der Waals surface area (Å²) in [4.78, 5) is 0. The maximum atomic E-state index is 12.0. The van der Waals surface area contributed by atoms with E-state index in [1.807, 2.05) is 13.1 Å². The zero-order valence-electron chi connectivity index (χ0n) is 10.6. The predicted molar refractivity (Wildman–Crippen MR) is 69.7 cm³/mol. The lowest BCUT2D eigenvalue weighted by Gasteiger charge is -2.22. The maximum Gasteiger partial charge on any atom is 0.215 e. The molecule has 1 aromatic heterocycles. The largest absolute Gasteiger partial charge is 0.315 e. The molecule has 6 nitrogen and oxygen atoms in total. The van der Waals surface area contributed by atoms with E-state index in [1.54, 1.807) is 10.9 Å². The highest BCUT2D eigenvalue weighted by Crippen LogP contribution is 2.10. The molecule has 0 amide bonds. The molecular weight excluding hydrogens is 252 g/mol. The van der Waals surface area contributed by atoms with Gasteiger partial charge in [0.2, 0.25) is 10.0 Å². The highest BCUT2D eigenvalue weighted by Gasteiger charge is 2.26. The monoisotopic (exact) mass is 272 g/mol. The molecule has 2 N–H and O–H groups in total. The molecule has 0 aliphatic carbocycles. The first kappa shape index (κ1) is 13.5. The van der Waals surface area contributed by atoms with Crippen molar-refractivity contribution in [2.45, 2.75) is 24.5 Å². The standard InChI is InChI=1S/C11H20N4O2S/c1-15-10(4-7-13-15)5-8-14-18(16,17)11-3-2-6-12-9-11/h4,7,11-12,14H,2-3,5-6,8-9H2,1H3. The van der Waals surface area contributed by atoms with Crippen LogP contribution in [0.5, 0.6) is 0 Å². The molecule has 1 aromatic rings. The van der Waals surface area contributed by atoms with Gasteiger partial charge in [-0.3, -0.25) is 4.68 Å². The molecule has 1 atom stereocenters. The summed E-state index contributed by atoms with van der Waals surface area (Å²) in [5.74, 6) is 0. The van der Waals surface area contributed by atoms with Crippen LogP contribution in [-0.4, -0.2) is 43.1 Å². The zero-order chi connectivity index (χ0) is 13.0. The van der Waals surface area contributed by atoms with Gasteiger partial charge < -0.3 is 5.32 Å². The molecule has 1 saturated heterocycles. The van der Waals surface area contributed by atoms with E-state index in [0.29, 0.717) is 19.5 Å². The Morgan fingerprint density at radius 3 is 3.06 bits per heavy atom. The van der Waals surface area contributed by atoms with Crippen LogP contribution in [0.2, 0.25) is 0 Å². The van der Waals surface area contributed by atoms with Gasteiger partial charge in [-0.1, -0.05) is 0 Å². The third-order valence-corrected chi connectivity index (χ3v) is 5.18. The van der Waals surface area contributed by atoms with E-state index in [0.717, 1.165) is 25.1 Å². The summed E-state index contributed by atoms with van der Waals surface area (Å²) in [5, 5.41) is 6.88. The summed E-state index contributed by atoms with van der Waals surface area (Å²) in [5.41, 5.74) is 1.03. The van der Waals surface area contributed by atoms with Crippen molar-refractivity contribution in [2.24, 2.45) is 7.05 Å². The fourth-order valence-electron chi connectivity index (χ4n) is 2.17. The molecule has 1 fully saturated rings. The smallest absolute Gasteiger partial charge is 0.215 e. The van der Waals surface area contributed by atoms with Crippen molar-refractivity contribution in [3.05, 3.63) is 18.0 Å². The third-order valence-electron chi connectivity index (χ3n) is 3.30. The first-order valence-electron chi connectivity index (χ1n) is 6.25. The van der Waals surface area contributed by atoms with Gasteiger partial charge in [-0.25, -0.2) is 13.1 Å². The van der Waals surface area contributed by atoms with Crippen LogP contribution in [0.3, 0.4) is 0 Å². The van der Waals surface area contributed by atoms with Crippen molar-refractivity contribution in [3.8, 4) is 0 Å². The minimum atomic E-state index is -3.19. The molecule has 102 valence electrons. The first-order chi connectivity index (χ1) is 8.59. The average molecular weight is 272 g/mol. The topological polar surface area (TPSA) is 76.0 Å². The van der Waals surface area contributed by atoms with Gasteiger partial charge in [0.25, 0.3) is 0 Å². The number of sulfonamides is 1. The normalized spacial score (nSPS) is 21.1. The molecule has 0 radical (unpaired) electrons. The van der Waals surface area contributed by atoms with Crippen molar-refractivity contribution in [3.63, 3.8) is 0 Å². The van der Waals surface area contributed by atoms with Crippen LogP contribution in [0.25, 0.3) is 0 Å². The van der Waals surface area contributed by atoms with Gasteiger partial charge in [0.15, 0.2) is 0 Å². The molecule has 1 aliphatic heterocycles. The summed E-state index contributed by atoms with van der Waals surface area (Å²) < 4.78 is 28.5. The van der Waals surface area contributed by atoms with E-state index >= 15 is 0 Å². The SMILES string of the molecule is Cn1nccc1CCNS(=O)(=O)C1CCCNC1. The van der Waals surface area contributed by atoms with Gasteiger partial charge in [-0.15, -0.1) is 0 Å². The molecule has 0 saturated carbocycles. The number of rotatable bonds is 5. The Morgan fingerprint density at radius 2 is 2.44 bits per heavy atom. The van der Waals surface area contributed by atoms with Gasteiger partial charge in [0.05, 0.1) is 5.25 Å². The Balaban J connectivity index is 1.83. The van der Waals surface area contributed by atoms with Gasteiger partial charge >= 0.3 is 0 Å².